The second-order valence-electron chi connectivity index (χ2n) is 3.07. The van der Waals surface area contributed by atoms with Gasteiger partial charge in [0.1, 0.15) is 5.41 Å². The third-order valence-corrected chi connectivity index (χ3v) is 2.08. The van der Waals surface area contributed by atoms with Crippen LogP contribution in [0.2, 0.25) is 0 Å². The molecule has 0 heterocycles. The minimum absolute atomic E-state index is 0.465. The fourth-order valence-electron chi connectivity index (χ4n) is 1.48. The molecule has 0 aromatic carbocycles. The number of amides is 1. The van der Waals surface area contributed by atoms with Gasteiger partial charge in [-0.25, -0.2) is 0 Å². The van der Waals surface area contributed by atoms with Gasteiger partial charge in [-0.15, -0.1) is 0 Å². The van der Waals surface area contributed by atoms with E-state index in [1.54, 1.807) is 0 Å². The van der Waals surface area contributed by atoms with Crippen LogP contribution in [0.15, 0.2) is 0 Å². The Morgan fingerprint density at radius 3 is 2.40 bits per heavy atom. The van der Waals surface area contributed by atoms with Crippen LogP contribution in [0.25, 0.3) is 0 Å². The van der Waals surface area contributed by atoms with Crippen LogP contribution >= 0.6 is 0 Å². The zero-order valence-electron chi connectivity index (χ0n) is 5.92. The smallest absolute Gasteiger partial charge is 0.237 e. The number of carbonyl (C=O) groups excluding carboxylic acids is 1. The summed E-state index contributed by atoms with van der Waals surface area (Å²) in [7, 11) is 0. The van der Waals surface area contributed by atoms with E-state index in [9.17, 15) is 4.79 Å². The van der Waals surface area contributed by atoms with Crippen molar-refractivity contribution in [2.24, 2.45) is 17.1 Å². The molecule has 54 valence electrons. The van der Waals surface area contributed by atoms with Crippen LogP contribution in [-0.2, 0) is 4.79 Å². The highest BCUT2D eigenvalue weighted by Crippen LogP contribution is 2.44. The highest BCUT2D eigenvalue weighted by atomic mass is 16.1. The number of primary amides is 1. The highest BCUT2D eigenvalue weighted by molar-refractivity contribution is 5.84. The number of rotatable bonds is 1. The molecule has 1 fully saturated rings. The molecule has 0 aliphatic heterocycles. The van der Waals surface area contributed by atoms with Gasteiger partial charge >= 0.3 is 0 Å². The Bertz CT molecular complexity index is 198. The fraction of sp³-hybridized carbons (Fsp3) is 0.714. The summed E-state index contributed by atoms with van der Waals surface area (Å²) in [5.41, 5.74) is 4.22. The Hall–Kier alpha value is -1.04. The Balaban J connectivity index is 2.68. The molecule has 10 heavy (non-hydrogen) atoms. The minimum Gasteiger partial charge on any atom is -0.368 e. The number of nitrogens with two attached hydrogens (primary N) is 1. The van der Waals surface area contributed by atoms with Gasteiger partial charge in [0.05, 0.1) is 6.07 Å². The largest absolute Gasteiger partial charge is 0.368 e. The van der Waals surface area contributed by atoms with Crippen molar-refractivity contribution in [2.75, 3.05) is 0 Å². The molecule has 0 aromatic heterocycles. The molecule has 1 aliphatic rings. The first kappa shape index (κ1) is 7.07. The summed E-state index contributed by atoms with van der Waals surface area (Å²) in [6.07, 6.45) is 1.28. The summed E-state index contributed by atoms with van der Waals surface area (Å²) >= 11 is 0. The maximum Gasteiger partial charge on any atom is 0.237 e. The molecule has 3 nitrogen and oxygen atoms in total. The van der Waals surface area contributed by atoms with Gasteiger partial charge in [-0.2, -0.15) is 5.26 Å². The first-order valence-electron chi connectivity index (χ1n) is 3.32. The van der Waals surface area contributed by atoms with Crippen molar-refractivity contribution < 1.29 is 4.79 Å². The summed E-state index contributed by atoms with van der Waals surface area (Å²) < 4.78 is 0. The maximum absolute atomic E-state index is 10.7. The summed E-state index contributed by atoms with van der Waals surface area (Å²) in [6, 6.07) is 1.97. The van der Waals surface area contributed by atoms with Crippen LogP contribution in [0.3, 0.4) is 0 Å². The SMILES string of the molecule is CC1CC(C#N)(C(N)=O)C1. The summed E-state index contributed by atoms with van der Waals surface area (Å²) in [6.45, 7) is 2.01. The van der Waals surface area contributed by atoms with Crippen LogP contribution in [-0.4, -0.2) is 5.91 Å². The quantitative estimate of drug-likeness (QED) is 0.570. The predicted molar refractivity (Wildman–Crippen MR) is 35.6 cm³/mol. The van der Waals surface area contributed by atoms with Crippen molar-refractivity contribution in [1.82, 2.24) is 0 Å². The molecule has 0 aromatic rings. The van der Waals surface area contributed by atoms with Crippen LogP contribution in [0.4, 0.5) is 0 Å². The van der Waals surface area contributed by atoms with Crippen LogP contribution in [0, 0.1) is 22.7 Å². The Morgan fingerprint density at radius 2 is 2.30 bits per heavy atom. The van der Waals surface area contributed by atoms with E-state index < -0.39 is 11.3 Å². The monoisotopic (exact) mass is 138 g/mol. The van der Waals surface area contributed by atoms with E-state index in [2.05, 4.69) is 0 Å². The molecule has 2 N–H and O–H groups in total. The summed E-state index contributed by atoms with van der Waals surface area (Å²) in [5, 5.41) is 8.57. The number of nitriles is 1. The van der Waals surface area contributed by atoms with Crippen molar-refractivity contribution in [2.45, 2.75) is 19.8 Å². The van der Waals surface area contributed by atoms with E-state index in [-0.39, 0.29) is 0 Å². The second kappa shape index (κ2) is 1.98. The van der Waals surface area contributed by atoms with E-state index in [1.807, 2.05) is 13.0 Å². The van der Waals surface area contributed by atoms with Crippen LogP contribution in [0.1, 0.15) is 19.8 Å². The van der Waals surface area contributed by atoms with Crippen molar-refractivity contribution in [3.05, 3.63) is 0 Å². The Kier molecular flexibility index (Phi) is 1.40. The molecular weight excluding hydrogens is 128 g/mol. The molecule has 1 amide bonds. The van der Waals surface area contributed by atoms with Crippen molar-refractivity contribution in [3.8, 4) is 6.07 Å². The second-order valence-corrected chi connectivity index (χ2v) is 3.07. The normalized spacial score (nSPS) is 37.8. The lowest BCUT2D eigenvalue weighted by Gasteiger charge is -2.37. The lowest BCUT2D eigenvalue weighted by atomic mass is 9.63. The third-order valence-electron chi connectivity index (χ3n) is 2.08. The van der Waals surface area contributed by atoms with Gasteiger partial charge in [-0.1, -0.05) is 6.92 Å². The Labute approximate surface area is 59.8 Å². The number of hydrogen-bond acceptors (Lipinski definition) is 2. The molecule has 0 atom stereocenters. The van der Waals surface area contributed by atoms with E-state index in [0.29, 0.717) is 18.8 Å². The van der Waals surface area contributed by atoms with Crippen molar-refractivity contribution in [1.29, 1.82) is 5.26 Å². The molecule has 1 saturated carbocycles. The van der Waals surface area contributed by atoms with E-state index in [1.165, 1.54) is 0 Å². The molecule has 1 rings (SSSR count). The lowest BCUT2D eigenvalue weighted by Crippen LogP contribution is -2.45. The van der Waals surface area contributed by atoms with Gasteiger partial charge in [0, 0.05) is 0 Å². The summed E-state index contributed by atoms with van der Waals surface area (Å²) in [5.74, 6) is 0.0141. The maximum atomic E-state index is 10.7. The third kappa shape index (κ3) is 0.766. The number of carbonyl (C=O) groups is 1. The van der Waals surface area contributed by atoms with Crippen molar-refractivity contribution >= 4 is 5.91 Å². The highest BCUT2D eigenvalue weighted by Gasteiger charge is 2.47. The topological polar surface area (TPSA) is 66.9 Å². The standard InChI is InChI=1S/C7H10N2O/c1-5-2-7(3-5,4-8)6(9)10/h5H,2-3H2,1H3,(H2,9,10). The zero-order valence-corrected chi connectivity index (χ0v) is 5.92. The van der Waals surface area contributed by atoms with Gasteiger partial charge in [0.15, 0.2) is 0 Å². The molecular formula is C7H10N2O. The average molecular weight is 138 g/mol. The van der Waals surface area contributed by atoms with Crippen LogP contribution in [0.5, 0.6) is 0 Å². The Morgan fingerprint density at radius 1 is 1.80 bits per heavy atom. The number of hydrogen-bond donors (Lipinski definition) is 1. The molecule has 0 radical (unpaired) electrons. The number of nitrogens with zero attached hydrogens (tertiary/aromatic N) is 1. The molecule has 3 heteroatoms. The average Bonchev–Trinajstić information content (AvgIpc) is 1.79. The fourth-order valence-corrected chi connectivity index (χ4v) is 1.48. The van der Waals surface area contributed by atoms with Gasteiger partial charge < -0.3 is 5.73 Å². The van der Waals surface area contributed by atoms with Gasteiger partial charge in [-0.3, -0.25) is 4.79 Å². The lowest BCUT2D eigenvalue weighted by molar-refractivity contribution is -0.130. The minimum atomic E-state index is -0.820. The van der Waals surface area contributed by atoms with Gasteiger partial charge in [0.2, 0.25) is 5.91 Å². The van der Waals surface area contributed by atoms with Gasteiger partial charge in [0.25, 0.3) is 0 Å². The van der Waals surface area contributed by atoms with Crippen LogP contribution < -0.4 is 5.73 Å². The zero-order chi connectivity index (χ0) is 7.78. The van der Waals surface area contributed by atoms with E-state index in [4.69, 9.17) is 11.0 Å². The van der Waals surface area contributed by atoms with Crippen molar-refractivity contribution in [3.63, 3.8) is 0 Å². The van der Waals surface area contributed by atoms with E-state index in [0.717, 1.165) is 0 Å². The van der Waals surface area contributed by atoms with E-state index >= 15 is 0 Å². The first-order valence-corrected chi connectivity index (χ1v) is 3.32. The first-order chi connectivity index (χ1) is 4.60. The molecule has 1 aliphatic carbocycles. The molecule has 0 unspecified atom stereocenters. The van der Waals surface area contributed by atoms with Gasteiger partial charge in [-0.05, 0) is 18.8 Å². The predicted octanol–water partition coefficient (Wildman–Crippen LogP) is 0.412. The molecule has 0 bridgehead atoms. The summed E-state index contributed by atoms with van der Waals surface area (Å²) in [4.78, 5) is 10.7. The molecule has 0 spiro atoms. The molecule has 0 saturated heterocycles.